The third-order valence-corrected chi connectivity index (χ3v) is 5.14. The van der Waals surface area contributed by atoms with E-state index < -0.39 is 0 Å². The zero-order valence-electron chi connectivity index (χ0n) is 12.7. The van der Waals surface area contributed by atoms with Crippen molar-refractivity contribution in [1.29, 1.82) is 0 Å². The van der Waals surface area contributed by atoms with E-state index in [0.717, 1.165) is 18.4 Å². The number of hydrogen-bond acceptors (Lipinski definition) is 2. The Morgan fingerprint density at radius 2 is 1.80 bits per heavy atom. The molecule has 3 nitrogen and oxygen atoms in total. The molecule has 1 aliphatic carbocycles. The SMILES string of the molecule is CC(N(C)C)N1C(=O)c2ccccc2C12CCCCC2. The van der Waals surface area contributed by atoms with Crippen molar-refractivity contribution >= 4 is 5.91 Å². The fraction of sp³-hybridized carbons (Fsp3) is 0.588. The van der Waals surface area contributed by atoms with E-state index in [-0.39, 0.29) is 17.6 Å². The zero-order valence-corrected chi connectivity index (χ0v) is 12.7. The lowest BCUT2D eigenvalue weighted by molar-refractivity contribution is -0.00835. The summed E-state index contributed by atoms with van der Waals surface area (Å²) in [7, 11) is 4.11. The molecule has 0 saturated heterocycles. The van der Waals surface area contributed by atoms with Crippen molar-refractivity contribution in [2.24, 2.45) is 0 Å². The summed E-state index contributed by atoms with van der Waals surface area (Å²) in [4.78, 5) is 17.2. The first kappa shape index (κ1) is 13.6. The van der Waals surface area contributed by atoms with E-state index in [0.29, 0.717) is 0 Å². The molecule has 1 amide bonds. The average Bonchev–Trinajstić information content (AvgIpc) is 2.69. The molecule has 2 aliphatic rings. The molecule has 1 saturated carbocycles. The highest BCUT2D eigenvalue weighted by Crippen LogP contribution is 2.49. The Morgan fingerprint density at radius 1 is 1.15 bits per heavy atom. The highest BCUT2D eigenvalue weighted by molar-refractivity contribution is 6.00. The summed E-state index contributed by atoms with van der Waals surface area (Å²) in [5, 5.41) is 0. The van der Waals surface area contributed by atoms with Crippen LogP contribution in [0.1, 0.15) is 54.9 Å². The van der Waals surface area contributed by atoms with E-state index in [1.807, 2.05) is 12.1 Å². The maximum Gasteiger partial charge on any atom is 0.256 e. The van der Waals surface area contributed by atoms with Gasteiger partial charge in [-0.15, -0.1) is 0 Å². The third kappa shape index (κ3) is 1.80. The predicted molar refractivity (Wildman–Crippen MR) is 80.5 cm³/mol. The molecule has 20 heavy (non-hydrogen) atoms. The van der Waals surface area contributed by atoms with Gasteiger partial charge in [-0.2, -0.15) is 0 Å². The highest BCUT2D eigenvalue weighted by Gasteiger charge is 2.51. The number of fused-ring (bicyclic) bond motifs is 2. The molecule has 1 atom stereocenters. The quantitative estimate of drug-likeness (QED) is 0.825. The summed E-state index contributed by atoms with van der Waals surface area (Å²) in [5.74, 6) is 0.212. The van der Waals surface area contributed by atoms with Crippen molar-refractivity contribution in [3.8, 4) is 0 Å². The first-order chi connectivity index (χ1) is 9.58. The van der Waals surface area contributed by atoms with Crippen LogP contribution >= 0.6 is 0 Å². The van der Waals surface area contributed by atoms with Gasteiger partial charge < -0.3 is 4.90 Å². The van der Waals surface area contributed by atoms with Crippen molar-refractivity contribution in [2.75, 3.05) is 14.1 Å². The number of amides is 1. The molecule has 0 radical (unpaired) electrons. The Hall–Kier alpha value is -1.35. The molecule has 1 aliphatic heterocycles. The molecular formula is C17H24N2O. The summed E-state index contributed by atoms with van der Waals surface area (Å²) in [6.45, 7) is 2.14. The maximum atomic E-state index is 12.9. The Morgan fingerprint density at radius 3 is 2.45 bits per heavy atom. The monoisotopic (exact) mass is 272 g/mol. The molecule has 1 unspecified atom stereocenters. The first-order valence-electron chi connectivity index (χ1n) is 7.67. The number of nitrogens with zero attached hydrogens (tertiary/aromatic N) is 2. The zero-order chi connectivity index (χ0) is 14.3. The molecule has 0 aromatic heterocycles. The van der Waals surface area contributed by atoms with Crippen LogP contribution in [-0.2, 0) is 5.54 Å². The van der Waals surface area contributed by atoms with Crippen molar-refractivity contribution in [2.45, 2.75) is 50.7 Å². The third-order valence-electron chi connectivity index (χ3n) is 5.14. The van der Waals surface area contributed by atoms with Crippen molar-refractivity contribution < 1.29 is 4.79 Å². The van der Waals surface area contributed by atoms with E-state index >= 15 is 0 Å². The Bertz CT molecular complexity index is 517. The number of carbonyl (C=O) groups excluding carboxylic acids is 1. The van der Waals surface area contributed by atoms with Crippen LogP contribution in [0.2, 0.25) is 0 Å². The van der Waals surface area contributed by atoms with Crippen LogP contribution in [0.3, 0.4) is 0 Å². The van der Waals surface area contributed by atoms with E-state index in [1.54, 1.807) is 0 Å². The standard InChI is InChI=1S/C17H24N2O/c1-13(18(2)3)19-16(20)14-9-5-6-10-15(14)17(19)11-7-4-8-12-17/h5-6,9-10,13H,4,7-8,11-12H2,1-3H3. The summed E-state index contributed by atoms with van der Waals surface area (Å²) < 4.78 is 0. The molecule has 1 spiro atoms. The summed E-state index contributed by atoms with van der Waals surface area (Å²) in [6, 6.07) is 8.22. The van der Waals surface area contributed by atoms with Gasteiger partial charge in [0.2, 0.25) is 0 Å². The van der Waals surface area contributed by atoms with Gasteiger partial charge in [0.05, 0.1) is 11.7 Å². The number of carbonyl (C=O) groups is 1. The van der Waals surface area contributed by atoms with Gasteiger partial charge in [-0.05, 0) is 45.5 Å². The molecule has 3 rings (SSSR count). The fourth-order valence-electron chi connectivity index (χ4n) is 3.93. The molecule has 1 fully saturated rings. The topological polar surface area (TPSA) is 23.6 Å². The molecule has 0 N–H and O–H groups in total. The van der Waals surface area contributed by atoms with Crippen LogP contribution in [0.5, 0.6) is 0 Å². The van der Waals surface area contributed by atoms with E-state index in [4.69, 9.17) is 0 Å². The lowest BCUT2D eigenvalue weighted by Crippen LogP contribution is -2.54. The second-order valence-corrected chi connectivity index (χ2v) is 6.41. The summed E-state index contributed by atoms with van der Waals surface area (Å²) in [6.07, 6.45) is 6.08. The average molecular weight is 272 g/mol. The smallest absolute Gasteiger partial charge is 0.256 e. The largest absolute Gasteiger partial charge is 0.313 e. The van der Waals surface area contributed by atoms with Crippen LogP contribution in [0, 0.1) is 0 Å². The van der Waals surface area contributed by atoms with Gasteiger partial charge in [-0.25, -0.2) is 0 Å². The molecular weight excluding hydrogens is 248 g/mol. The van der Waals surface area contributed by atoms with Gasteiger partial charge in [0.25, 0.3) is 5.91 Å². The van der Waals surface area contributed by atoms with Crippen LogP contribution < -0.4 is 0 Å². The van der Waals surface area contributed by atoms with E-state index in [1.165, 1.54) is 24.8 Å². The van der Waals surface area contributed by atoms with E-state index in [9.17, 15) is 4.79 Å². The Labute approximate surface area is 121 Å². The lowest BCUT2D eigenvalue weighted by Gasteiger charge is -2.46. The van der Waals surface area contributed by atoms with Gasteiger partial charge in [0.1, 0.15) is 0 Å². The number of rotatable bonds is 2. The summed E-state index contributed by atoms with van der Waals surface area (Å²) in [5.41, 5.74) is 2.12. The van der Waals surface area contributed by atoms with Crippen LogP contribution in [0.15, 0.2) is 24.3 Å². The minimum absolute atomic E-state index is 0.0599. The second kappa shape index (κ2) is 4.88. The van der Waals surface area contributed by atoms with Crippen LogP contribution in [0.25, 0.3) is 0 Å². The van der Waals surface area contributed by atoms with Crippen molar-refractivity contribution in [3.05, 3.63) is 35.4 Å². The highest BCUT2D eigenvalue weighted by atomic mass is 16.2. The van der Waals surface area contributed by atoms with Gasteiger partial charge in [-0.3, -0.25) is 9.69 Å². The summed E-state index contributed by atoms with van der Waals surface area (Å²) >= 11 is 0. The lowest BCUT2D eigenvalue weighted by atomic mass is 9.76. The number of hydrogen-bond donors (Lipinski definition) is 0. The molecule has 1 aromatic carbocycles. The normalized spacial score (nSPS) is 22.4. The van der Waals surface area contributed by atoms with Gasteiger partial charge in [-0.1, -0.05) is 37.5 Å². The van der Waals surface area contributed by atoms with Crippen molar-refractivity contribution in [1.82, 2.24) is 9.80 Å². The minimum Gasteiger partial charge on any atom is -0.313 e. The molecule has 3 heteroatoms. The van der Waals surface area contributed by atoms with Crippen LogP contribution in [-0.4, -0.2) is 36.0 Å². The minimum atomic E-state index is -0.0599. The Balaban J connectivity index is 2.12. The van der Waals surface area contributed by atoms with Crippen LogP contribution in [0.4, 0.5) is 0 Å². The molecule has 1 heterocycles. The number of benzene rings is 1. The van der Waals surface area contributed by atoms with Crippen molar-refractivity contribution in [3.63, 3.8) is 0 Å². The molecule has 1 aromatic rings. The Kier molecular flexibility index (Phi) is 3.33. The molecule has 0 bridgehead atoms. The van der Waals surface area contributed by atoms with E-state index in [2.05, 4.69) is 43.0 Å². The van der Waals surface area contributed by atoms with Gasteiger partial charge in [0, 0.05) is 5.56 Å². The fourth-order valence-corrected chi connectivity index (χ4v) is 3.93. The second-order valence-electron chi connectivity index (χ2n) is 6.41. The van der Waals surface area contributed by atoms with Gasteiger partial charge in [0.15, 0.2) is 0 Å². The first-order valence-corrected chi connectivity index (χ1v) is 7.67. The molecule has 108 valence electrons. The predicted octanol–water partition coefficient (Wildman–Crippen LogP) is 3.21. The maximum absolute atomic E-state index is 12.9. The van der Waals surface area contributed by atoms with Gasteiger partial charge >= 0.3 is 0 Å².